The number of nitrogens with zero attached hydrogens (tertiary/aromatic N) is 1. The van der Waals surface area contributed by atoms with Crippen LogP contribution in [0.25, 0.3) is 11.1 Å². The van der Waals surface area contributed by atoms with Gasteiger partial charge in [-0.15, -0.1) is 0 Å². The lowest BCUT2D eigenvalue weighted by Crippen LogP contribution is -2.29. The van der Waals surface area contributed by atoms with Crippen molar-refractivity contribution in [3.8, 4) is 16.9 Å². The number of methoxy groups -OCH3 is 1. The van der Waals surface area contributed by atoms with Crippen LogP contribution in [0.3, 0.4) is 0 Å². The SMILES string of the molecule is COc1cccc(NC(=O)CN(C)Cc2ccc(-c3ccccc3)cc2)c1. The highest BCUT2D eigenvalue weighted by atomic mass is 16.5. The third kappa shape index (κ3) is 5.43. The number of anilines is 1. The summed E-state index contributed by atoms with van der Waals surface area (Å²) in [5, 5.41) is 2.90. The summed E-state index contributed by atoms with van der Waals surface area (Å²) in [6, 6.07) is 26.1. The lowest BCUT2D eigenvalue weighted by molar-refractivity contribution is -0.117. The molecule has 3 rings (SSSR count). The zero-order valence-electron chi connectivity index (χ0n) is 15.7. The molecular formula is C23H24N2O2. The van der Waals surface area contributed by atoms with Crippen molar-refractivity contribution in [1.29, 1.82) is 0 Å². The molecule has 0 heterocycles. The quantitative estimate of drug-likeness (QED) is 0.678. The fraction of sp³-hybridized carbons (Fsp3) is 0.174. The Labute approximate surface area is 160 Å². The monoisotopic (exact) mass is 360 g/mol. The number of carbonyl (C=O) groups is 1. The molecule has 0 bridgehead atoms. The standard InChI is InChI=1S/C23H24N2O2/c1-25(17-23(26)24-21-9-6-10-22(15-21)27-2)16-18-11-13-20(14-12-18)19-7-4-3-5-8-19/h3-15H,16-17H2,1-2H3,(H,24,26). The van der Waals surface area contributed by atoms with E-state index in [0.29, 0.717) is 13.1 Å². The Balaban J connectivity index is 1.54. The van der Waals surface area contributed by atoms with Gasteiger partial charge in [-0.1, -0.05) is 60.7 Å². The summed E-state index contributed by atoms with van der Waals surface area (Å²) in [6.45, 7) is 1.03. The van der Waals surface area contributed by atoms with Crippen LogP contribution in [-0.4, -0.2) is 31.5 Å². The van der Waals surface area contributed by atoms with E-state index in [4.69, 9.17) is 4.74 Å². The molecule has 0 aromatic heterocycles. The van der Waals surface area contributed by atoms with E-state index >= 15 is 0 Å². The molecule has 0 aliphatic carbocycles. The van der Waals surface area contributed by atoms with Gasteiger partial charge in [0, 0.05) is 18.3 Å². The molecule has 1 N–H and O–H groups in total. The summed E-state index contributed by atoms with van der Waals surface area (Å²) in [5.41, 5.74) is 4.30. The number of rotatable bonds is 7. The van der Waals surface area contributed by atoms with Crippen LogP contribution in [0.1, 0.15) is 5.56 Å². The van der Waals surface area contributed by atoms with Crippen LogP contribution in [0.5, 0.6) is 5.75 Å². The molecule has 0 radical (unpaired) electrons. The van der Waals surface area contributed by atoms with E-state index in [1.54, 1.807) is 13.2 Å². The maximum atomic E-state index is 12.3. The topological polar surface area (TPSA) is 41.6 Å². The molecule has 3 aromatic rings. The molecule has 0 aliphatic rings. The molecule has 0 atom stereocenters. The van der Waals surface area contributed by atoms with E-state index in [9.17, 15) is 4.79 Å². The summed E-state index contributed by atoms with van der Waals surface area (Å²) >= 11 is 0. The van der Waals surface area contributed by atoms with Gasteiger partial charge < -0.3 is 10.1 Å². The Morgan fingerprint density at radius 1 is 0.926 bits per heavy atom. The third-order valence-electron chi connectivity index (χ3n) is 4.28. The lowest BCUT2D eigenvalue weighted by Gasteiger charge is -2.17. The van der Waals surface area contributed by atoms with Crippen LogP contribution in [0.15, 0.2) is 78.9 Å². The number of benzene rings is 3. The van der Waals surface area contributed by atoms with E-state index in [0.717, 1.165) is 11.4 Å². The Bertz CT molecular complexity index is 876. The first-order valence-electron chi connectivity index (χ1n) is 8.91. The minimum atomic E-state index is -0.0494. The number of carbonyl (C=O) groups excluding carboxylic acids is 1. The van der Waals surface area contributed by atoms with Crippen molar-refractivity contribution in [3.63, 3.8) is 0 Å². The van der Waals surface area contributed by atoms with Gasteiger partial charge in [-0.2, -0.15) is 0 Å². The number of hydrogen-bond acceptors (Lipinski definition) is 3. The van der Waals surface area contributed by atoms with Crippen molar-refractivity contribution in [3.05, 3.63) is 84.4 Å². The van der Waals surface area contributed by atoms with Crippen LogP contribution in [0.4, 0.5) is 5.69 Å². The van der Waals surface area contributed by atoms with Gasteiger partial charge in [-0.05, 0) is 35.9 Å². The molecule has 0 spiro atoms. The Kier molecular flexibility index (Phi) is 6.23. The first-order chi connectivity index (χ1) is 13.1. The smallest absolute Gasteiger partial charge is 0.238 e. The van der Waals surface area contributed by atoms with Crippen LogP contribution in [0, 0.1) is 0 Å². The molecular weight excluding hydrogens is 336 g/mol. The molecule has 3 aromatic carbocycles. The molecule has 0 saturated heterocycles. The van der Waals surface area contributed by atoms with Crippen molar-refractivity contribution in [2.24, 2.45) is 0 Å². The summed E-state index contributed by atoms with van der Waals surface area (Å²) < 4.78 is 5.18. The van der Waals surface area contributed by atoms with Gasteiger partial charge in [0.1, 0.15) is 5.75 Å². The van der Waals surface area contributed by atoms with Crippen molar-refractivity contribution >= 4 is 11.6 Å². The van der Waals surface area contributed by atoms with Crippen molar-refractivity contribution < 1.29 is 9.53 Å². The minimum absolute atomic E-state index is 0.0494. The van der Waals surface area contributed by atoms with Crippen LogP contribution in [-0.2, 0) is 11.3 Å². The number of likely N-dealkylation sites (N-methyl/N-ethyl adjacent to an activating group) is 1. The maximum absolute atomic E-state index is 12.3. The second kappa shape index (κ2) is 9.01. The zero-order chi connectivity index (χ0) is 19.1. The summed E-state index contributed by atoms with van der Waals surface area (Å²) in [7, 11) is 3.55. The number of nitrogens with one attached hydrogen (secondary N) is 1. The number of hydrogen-bond donors (Lipinski definition) is 1. The largest absolute Gasteiger partial charge is 0.497 e. The van der Waals surface area contributed by atoms with Gasteiger partial charge in [-0.3, -0.25) is 9.69 Å². The first kappa shape index (κ1) is 18.7. The molecule has 4 heteroatoms. The molecule has 27 heavy (non-hydrogen) atoms. The molecule has 138 valence electrons. The van der Waals surface area contributed by atoms with Crippen LogP contribution >= 0.6 is 0 Å². The molecule has 0 saturated carbocycles. The van der Waals surface area contributed by atoms with Crippen molar-refractivity contribution in [2.75, 3.05) is 26.0 Å². The second-order valence-electron chi connectivity index (χ2n) is 6.52. The van der Waals surface area contributed by atoms with Gasteiger partial charge in [0.2, 0.25) is 5.91 Å². The van der Waals surface area contributed by atoms with E-state index in [1.165, 1.54) is 16.7 Å². The van der Waals surface area contributed by atoms with E-state index in [-0.39, 0.29) is 5.91 Å². The fourth-order valence-corrected chi connectivity index (χ4v) is 2.95. The first-order valence-corrected chi connectivity index (χ1v) is 8.91. The average Bonchev–Trinajstić information content (AvgIpc) is 2.69. The van der Waals surface area contributed by atoms with Crippen LogP contribution in [0.2, 0.25) is 0 Å². The third-order valence-corrected chi connectivity index (χ3v) is 4.28. The Morgan fingerprint density at radius 2 is 1.63 bits per heavy atom. The summed E-state index contributed by atoms with van der Waals surface area (Å²) in [6.07, 6.45) is 0. The van der Waals surface area contributed by atoms with E-state index in [1.807, 2.05) is 48.3 Å². The summed E-state index contributed by atoms with van der Waals surface area (Å²) in [5.74, 6) is 0.673. The summed E-state index contributed by atoms with van der Waals surface area (Å²) in [4.78, 5) is 14.3. The average molecular weight is 360 g/mol. The predicted molar refractivity (Wildman–Crippen MR) is 110 cm³/mol. The number of ether oxygens (including phenoxy) is 1. The molecule has 0 unspecified atom stereocenters. The normalized spacial score (nSPS) is 10.6. The highest BCUT2D eigenvalue weighted by Gasteiger charge is 2.08. The Hall–Kier alpha value is -3.11. The van der Waals surface area contributed by atoms with Gasteiger partial charge in [0.25, 0.3) is 0 Å². The van der Waals surface area contributed by atoms with Gasteiger partial charge >= 0.3 is 0 Å². The van der Waals surface area contributed by atoms with Gasteiger partial charge in [-0.25, -0.2) is 0 Å². The molecule has 4 nitrogen and oxygen atoms in total. The molecule has 1 amide bonds. The van der Waals surface area contributed by atoms with Crippen molar-refractivity contribution in [1.82, 2.24) is 4.90 Å². The zero-order valence-corrected chi connectivity index (χ0v) is 15.7. The van der Waals surface area contributed by atoms with Crippen molar-refractivity contribution in [2.45, 2.75) is 6.54 Å². The van der Waals surface area contributed by atoms with E-state index in [2.05, 4.69) is 41.7 Å². The van der Waals surface area contributed by atoms with E-state index < -0.39 is 0 Å². The highest BCUT2D eigenvalue weighted by Crippen LogP contribution is 2.20. The number of amides is 1. The second-order valence-corrected chi connectivity index (χ2v) is 6.52. The van der Waals surface area contributed by atoms with Gasteiger partial charge in [0.05, 0.1) is 13.7 Å². The lowest BCUT2D eigenvalue weighted by atomic mass is 10.0. The molecule has 0 aliphatic heterocycles. The van der Waals surface area contributed by atoms with Crippen LogP contribution < -0.4 is 10.1 Å². The minimum Gasteiger partial charge on any atom is -0.497 e. The predicted octanol–water partition coefficient (Wildman–Crippen LogP) is 4.43. The highest BCUT2D eigenvalue weighted by molar-refractivity contribution is 5.92. The maximum Gasteiger partial charge on any atom is 0.238 e. The van der Waals surface area contributed by atoms with Gasteiger partial charge in [0.15, 0.2) is 0 Å². The molecule has 0 fully saturated rings. The fourth-order valence-electron chi connectivity index (χ4n) is 2.95. The Morgan fingerprint density at radius 3 is 2.33 bits per heavy atom.